The van der Waals surface area contributed by atoms with Gasteiger partial charge in [0.1, 0.15) is 0 Å². The zero-order valence-corrected chi connectivity index (χ0v) is 4.01. The average Bonchev–Trinajstić information content (AvgIpc) is 1.87. The summed E-state index contributed by atoms with van der Waals surface area (Å²) in [5, 5.41) is 8.48. The largest absolute Gasteiger partial charge is 0.480 e. The first-order valence-corrected chi connectivity index (χ1v) is 2.12. The maximum Gasteiger partial charge on any atom is 0.294 e. The van der Waals surface area contributed by atoms with E-state index in [-0.39, 0.29) is 12.0 Å². The van der Waals surface area contributed by atoms with Crippen LogP contribution in [0.25, 0.3) is 0 Å². The molecule has 1 heterocycles. The topological polar surface area (TPSA) is 41.5 Å². The normalized spacial score (nSPS) is 29.3. The molecule has 1 aliphatic rings. The molecule has 0 saturated carbocycles. The molecule has 40 valence electrons. The van der Waals surface area contributed by atoms with Crippen LogP contribution in [0.5, 0.6) is 0 Å². The maximum atomic E-state index is 8.48. The predicted molar refractivity (Wildman–Crippen MR) is 24.4 cm³/mol. The van der Waals surface area contributed by atoms with Crippen LogP contribution in [0, 0.1) is 0 Å². The van der Waals surface area contributed by atoms with Crippen LogP contribution in [0.2, 0.25) is 0 Å². The van der Waals surface area contributed by atoms with E-state index >= 15 is 0 Å². The Bertz CT molecular complexity index is 99.9. The Morgan fingerprint density at radius 3 is 2.86 bits per heavy atom. The molecule has 1 rings (SSSR count). The summed E-state index contributed by atoms with van der Waals surface area (Å²) in [5.41, 5.74) is 2.53. The average molecular weight is 101 g/mol. The maximum absolute atomic E-state index is 8.48. The number of hydrogen-bond acceptors (Lipinski definition) is 3. The van der Waals surface area contributed by atoms with Crippen molar-refractivity contribution in [2.24, 2.45) is 0 Å². The Morgan fingerprint density at radius 1 is 2.00 bits per heavy atom. The summed E-state index contributed by atoms with van der Waals surface area (Å²) in [6.07, 6.45) is 1.58. The fourth-order valence-corrected chi connectivity index (χ4v) is 0.435. The molecule has 7 heavy (non-hydrogen) atoms. The monoisotopic (exact) mass is 101 g/mol. The van der Waals surface area contributed by atoms with Crippen LogP contribution in [-0.2, 0) is 4.84 Å². The zero-order chi connectivity index (χ0) is 5.28. The van der Waals surface area contributed by atoms with Gasteiger partial charge in [0, 0.05) is 6.08 Å². The molecule has 0 aromatic carbocycles. The number of hydrogen-bond donors (Lipinski definition) is 2. The SMILES string of the molecule is CC1C=C(O)ON1. The zero-order valence-electron chi connectivity index (χ0n) is 4.01. The van der Waals surface area contributed by atoms with Gasteiger partial charge in [-0.25, -0.2) is 0 Å². The van der Waals surface area contributed by atoms with Gasteiger partial charge in [0.2, 0.25) is 0 Å². The van der Waals surface area contributed by atoms with Crippen molar-refractivity contribution in [3.63, 3.8) is 0 Å². The molecule has 0 bridgehead atoms. The van der Waals surface area contributed by atoms with Crippen molar-refractivity contribution in [3.05, 3.63) is 12.0 Å². The van der Waals surface area contributed by atoms with E-state index in [2.05, 4.69) is 10.3 Å². The number of nitrogens with one attached hydrogen (secondary N) is 1. The molecular weight excluding hydrogens is 94.0 g/mol. The molecule has 1 atom stereocenters. The van der Waals surface area contributed by atoms with Crippen LogP contribution in [0.3, 0.4) is 0 Å². The van der Waals surface area contributed by atoms with Gasteiger partial charge in [-0.3, -0.25) is 0 Å². The highest BCUT2D eigenvalue weighted by atomic mass is 16.7. The van der Waals surface area contributed by atoms with Gasteiger partial charge in [-0.2, -0.15) is 0 Å². The van der Waals surface area contributed by atoms with Crippen LogP contribution in [0.1, 0.15) is 6.92 Å². The summed E-state index contributed by atoms with van der Waals surface area (Å²) in [5.74, 6) is -0.0347. The van der Waals surface area contributed by atoms with Crippen LogP contribution in [0.15, 0.2) is 12.0 Å². The third kappa shape index (κ3) is 0.838. The third-order valence-electron chi connectivity index (χ3n) is 0.742. The molecule has 0 saturated heterocycles. The highest BCUT2D eigenvalue weighted by molar-refractivity contribution is 4.93. The lowest BCUT2D eigenvalue weighted by Crippen LogP contribution is -2.15. The van der Waals surface area contributed by atoms with Crippen LogP contribution in [-0.4, -0.2) is 11.1 Å². The Labute approximate surface area is 41.6 Å². The van der Waals surface area contributed by atoms with Gasteiger partial charge < -0.3 is 9.94 Å². The van der Waals surface area contributed by atoms with Gasteiger partial charge in [-0.15, -0.1) is 5.48 Å². The fraction of sp³-hybridized carbons (Fsp3) is 0.500. The number of hydroxylamine groups is 1. The van der Waals surface area contributed by atoms with Crippen molar-refractivity contribution in [2.45, 2.75) is 13.0 Å². The van der Waals surface area contributed by atoms with E-state index in [1.807, 2.05) is 6.92 Å². The van der Waals surface area contributed by atoms with Crippen molar-refractivity contribution >= 4 is 0 Å². The molecule has 0 aromatic heterocycles. The lowest BCUT2D eigenvalue weighted by molar-refractivity contribution is 0.0400. The van der Waals surface area contributed by atoms with Crippen molar-refractivity contribution in [2.75, 3.05) is 0 Å². The van der Waals surface area contributed by atoms with Gasteiger partial charge in [-0.05, 0) is 6.92 Å². The molecule has 0 aliphatic carbocycles. The minimum atomic E-state index is -0.0347. The predicted octanol–water partition coefficient (Wildman–Crippen LogP) is 0.309. The number of aliphatic hydroxyl groups excluding tert-OH is 1. The fourth-order valence-electron chi connectivity index (χ4n) is 0.435. The molecule has 0 radical (unpaired) electrons. The van der Waals surface area contributed by atoms with E-state index in [0.29, 0.717) is 0 Å². The van der Waals surface area contributed by atoms with Crippen LogP contribution in [0.4, 0.5) is 0 Å². The lowest BCUT2D eigenvalue weighted by Gasteiger charge is -1.94. The minimum absolute atomic E-state index is 0.0347. The smallest absolute Gasteiger partial charge is 0.294 e. The van der Waals surface area contributed by atoms with Crippen molar-refractivity contribution < 1.29 is 9.94 Å². The van der Waals surface area contributed by atoms with Crippen LogP contribution < -0.4 is 5.48 Å². The lowest BCUT2D eigenvalue weighted by atomic mass is 10.4. The molecule has 0 amide bonds. The van der Waals surface area contributed by atoms with E-state index in [1.54, 1.807) is 6.08 Å². The van der Waals surface area contributed by atoms with Gasteiger partial charge in [-0.1, -0.05) is 0 Å². The first-order chi connectivity index (χ1) is 3.29. The highest BCUT2D eigenvalue weighted by Crippen LogP contribution is 2.00. The second kappa shape index (κ2) is 1.42. The van der Waals surface area contributed by atoms with Crippen molar-refractivity contribution in [1.29, 1.82) is 0 Å². The quantitative estimate of drug-likeness (QED) is 0.461. The molecule has 0 aromatic rings. The van der Waals surface area contributed by atoms with Gasteiger partial charge in [0.15, 0.2) is 0 Å². The first kappa shape index (κ1) is 4.46. The highest BCUT2D eigenvalue weighted by Gasteiger charge is 2.08. The Balaban J connectivity index is 2.50. The minimum Gasteiger partial charge on any atom is -0.480 e. The van der Waals surface area contributed by atoms with Gasteiger partial charge in [0.25, 0.3) is 5.95 Å². The van der Waals surface area contributed by atoms with E-state index in [0.717, 1.165) is 0 Å². The molecule has 0 spiro atoms. The van der Waals surface area contributed by atoms with Crippen molar-refractivity contribution in [1.82, 2.24) is 5.48 Å². The molecule has 1 unspecified atom stereocenters. The molecule has 2 N–H and O–H groups in total. The Morgan fingerprint density at radius 2 is 2.71 bits per heavy atom. The van der Waals surface area contributed by atoms with Gasteiger partial charge in [0.05, 0.1) is 6.04 Å². The number of rotatable bonds is 0. The van der Waals surface area contributed by atoms with Crippen molar-refractivity contribution in [3.8, 4) is 0 Å². The van der Waals surface area contributed by atoms with E-state index in [4.69, 9.17) is 5.11 Å². The van der Waals surface area contributed by atoms with Gasteiger partial charge >= 0.3 is 0 Å². The second-order valence-electron chi connectivity index (χ2n) is 1.51. The summed E-state index contributed by atoms with van der Waals surface area (Å²) in [4.78, 5) is 4.43. The van der Waals surface area contributed by atoms with E-state index < -0.39 is 0 Å². The van der Waals surface area contributed by atoms with E-state index in [1.165, 1.54) is 0 Å². The summed E-state index contributed by atoms with van der Waals surface area (Å²) in [7, 11) is 0. The third-order valence-corrected chi connectivity index (χ3v) is 0.742. The molecule has 1 aliphatic heterocycles. The summed E-state index contributed by atoms with van der Waals surface area (Å²) in [6.45, 7) is 1.88. The molecular formula is C4H7NO2. The summed E-state index contributed by atoms with van der Waals surface area (Å²) in [6, 6.07) is 0.139. The summed E-state index contributed by atoms with van der Waals surface area (Å²) < 4.78 is 0. The van der Waals surface area contributed by atoms with E-state index in [9.17, 15) is 0 Å². The number of aliphatic hydroxyl groups is 1. The second-order valence-corrected chi connectivity index (χ2v) is 1.51. The Kier molecular flexibility index (Phi) is 0.906. The molecule has 0 fully saturated rings. The Hall–Kier alpha value is -0.700. The standard InChI is InChI=1S/C4H7NO2/c1-3-2-4(6)7-5-3/h2-3,5-6H,1H3. The summed E-state index contributed by atoms with van der Waals surface area (Å²) >= 11 is 0. The molecule has 3 heteroatoms. The molecule has 3 nitrogen and oxygen atoms in total. The first-order valence-electron chi connectivity index (χ1n) is 2.12. The van der Waals surface area contributed by atoms with Crippen LogP contribution >= 0.6 is 0 Å².